The van der Waals surface area contributed by atoms with Crippen LogP contribution in [0, 0.1) is 29.1 Å². The van der Waals surface area contributed by atoms with Crippen molar-refractivity contribution in [2.45, 2.75) is 89.6 Å². The number of hydrogen-bond donors (Lipinski definition) is 2. The van der Waals surface area contributed by atoms with Crippen LogP contribution in [-0.4, -0.2) is 108 Å². The smallest absolute Gasteiger partial charge is 0.247 e. The number of anilines is 3. The van der Waals surface area contributed by atoms with Crippen LogP contribution in [0.25, 0.3) is 5.65 Å². The number of nitrogens with one attached hydrogen (secondary N) is 2. The van der Waals surface area contributed by atoms with Gasteiger partial charge in [0.05, 0.1) is 36.3 Å². The monoisotopic (exact) mass is 749 g/mol. The number of nitriles is 1. The van der Waals surface area contributed by atoms with Gasteiger partial charge >= 0.3 is 0 Å². The Bertz CT molecular complexity index is 1970. The third kappa shape index (κ3) is 8.49. The molecule has 8 rings (SSSR count). The van der Waals surface area contributed by atoms with Crippen LogP contribution in [0.2, 0.25) is 0 Å². The number of aryl methyl sites for hydroxylation is 1. The summed E-state index contributed by atoms with van der Waals surface area (Å²) in [7, 11) is 0. The van der Waals surface area contributed by atoms with E-state index in [0.29, 0.717) is 62.8 Å². The lowest BCUT2D eigenvalue weighted by atomic mass is 9.67. The van der Waals surface area contributed by atoms with Crippen LogP contribution in [0.5, 0.6) is 0 Å². The highest BCUT2D eigenvalue weighted by Gasteiger charge is 2.46. The van der Waals surface area contributed by atoms with E-state index in [-0.39, 0.29) is 23.9 Å². The molecule has 2 saturated heterocycles. The maximum absolute atomic E-state index is 13.2. The molecule has 4 fully saturated rings. The normalized spacial score (nSPS) is 22.3. The Morgan fingerprint density at radius 3 is 2.62 bits per heavy atom. The molecule has 15 heteroatoms. The molecule has 4 aliphatic rings. The number of carbonyl (C=O) groups excluding carboxylic acids is 2. The SMILES string of the molecule is CCc1cnn(C2(CC#N)CN(c3cccn4nc(Nc5cnn(CC(=O)N6CCN(CCNC(=O)CCCC7CC8CCCC(C7)C8)CC6)c5)nc34)C2)c1. The van der Waals surface area contributed by atoms with Gasteiger partial charge in [0.1, 0.15) is 12.1 Å². The van der Waals surface area contributed by atoms with Gasteiger partial charge in [-0.15, -0.1) is 5.10 Å². The molecule has 55 heavy (non-hydrogen) atoms. The molecule has 0 radical (unpaired) electrons. The van der Waals surface area contributed by atoms with Gasteiger partial charge < -0.3 is 20.4 Å². The summed E-state index contributed by atoms with van der Waals surface area (Å²) in [6, 6.07) is 6.33. The van der Waals surface area contributed by atoms with E-state index in [1.54, 1.807) is 21.6 Å². The van der Waals surface area contributed by atoms with Gasteiger partial charge in [0.2, 0.25) is 17.8 Å². The summed E-state index contributed by atoms with van der Waals surface area (Å²) in [6.07, 6.45) is 21.9. The van der Waals surface area contributed by atoms with Crippen molar-refractivity contribution in [2.24, 2.45) is 17.8 Å². The van der Waals surface area contributed by atoms with Crippen LogP contribution in [0.15, 0.2) is 43.1 Å². The number of rotatable bonds is 15. The van der Waals surface area contributed by atoms with Gasteiger partial charge in [-0.3, -0.25) is 23.9 Å². The van der Waals surface area contributed by atoms with E-state index in [1.165, 1.54) is 44.9 Å². The predicted molar refractivity (Wildman–Crippen MR) is 209 cm³/mol. The molecule has 6 heterocycles. The van der Waals surface area contributed by atoms with Crippen LogP contribution < -0.4 is 15.5 Å². The van der Waals surface area contributed by atoms with Crippen molar-refractivity contribution in [1.82, 2.24) is 49.3 Å². The zero-order chi connectivity index (χ0) is 37.8. The lowest BCUT2D eigenvalue weighted by Crippen LogP contribution is -2.63. The molecular weight excluding hydrogens is 695 g/mol. The first-order valence-electron chi connectivity index (χ1n) is 20.4. The Labute approximate surface area is 323 Å². The lowest BCUT2D eigenvalue weighted by Gasteiger charge is -2.50. The van der Waals surface area contributed by atoms with Crippen LogP contribution >= 0.6 is 0 Å². The first kappa shape index (κ1) is 37.0. The molecule has 292 valence electrons. The largest absolute Gasteiger partial charge is 0.363 e. The Kier molecular flexibility index (Phi) is 11.0. The Morgan fingerprint density at radius 2 is 1.85 bits per heavy atom. The minimum absolute atomic E-state index is 0.0303. The van der Waals surface area contributed by atoms with Crippen molar-refractivity contribution in [3.63, 3.8) is 0 Å². The van der Waals surface area contributed by atoms with E-state index in [4.69, 9.17) is 4.98 Å². The number of hydrogen-bond acceptors (Lipinski definition) is 10. The average molecular weight is 750 g/mol. The van der Waals surface area contributed by atoms with Gasteiger partial charge in [0.25, 0.3) is 0 Å². The van der Waals surface area contributed by atoms with Crippen LogP contribution in [0.4, 0.5) is 17.3 Å². The van der Waals surface area contributed by atoms with Gasteiger partial charge in [-0.2, -0.15) is 20.4 Å². The number of fused-ring (bicyclic) bond motifs is 3. The van der Waals surface area contributed by atoms with Crippen LogP contribution in [0.3, 0.4) is 0 Å². The van der Waals surface area contributed by atoms with E-state index >= 15 is 0 Å². The predicted octanol–water partition coefficient (Wildman–Crippen LogP) is 4.20. The van der Waals surface area contributed by atoms with Crippen LogP contribution in [-0.2, 0) is 28.1 Å². The maximum Gasteiger partial charge on any atom is 0.247 e. The second kappa shape index (κ2) is 16.4. The molecule has 2 atom stereocenters. The number of pyridine rings is 1. The summed E-state index contributed by atoms with van der Waals surface area (Å²) in [5.41, 5.74) is 3.12. The quantitative estimate of drug-likeness (QED) is 0.181. The number of piperazine rings is 1. The Morgan fingerprint density at radius 1 is 1.04 bits per heavy atom. The molecule has 2 saturated carbocycles. The molecule has 15 nitrogen and oxygen atoms in total. The second-order valence-corrected chi connectivity index (χ2v) is 16.4. The zero-order valence-electron chi connectivity index (χ0n) is 32.2. The summed E-state index contributed by atoms with van der Waals surface area (Å²) < 4.78 is 5.34. The maximum atomic E-state index is 13.2. The van der Waals surface area contributed by atoms with Crippen molar-refractivity contribution in [1.29, 1.82) is 5.26 Å². The van der Waals surface area contributed by atoms with Gasteiger partial charge in [0, 0.05) is 77.4 Å². The van der Waals surface area contributed by atoms with Gasteiger partial charge in [-0.05, 0) is 74.0 Å². The minimum Gasteiger partial charge on any atom is -0.363 e. The van der Waals surface area contributed by atoms with Crippen molar-refractivity contribution in [3.05, 3.63) is 48.7 Å². The van der Waals surface area contributed by atoms with Crippen molar-refractivity contribution < 1.29 is 9.59 Å². The topological polar surface area (TPSA) is 158 Å². The van der Waals surface area contributed by atoms with E-state index in [0.717, 1.165) is 61.5 Å². The third-order valence-electron chi connectivity index (χ3n) is 12.5. The minimum atomic E-state index is -0.374. The van der Waals surface area contributed by atoms with E-state index in [9.17, 15) is 14.9 Å². The molecule has 4 aromatic heterocycles. The average Bonchev–Trinajstić information content (AvgIpc) is 3.93. The molecule has 2 aliphatic heterocycles. The molecule has 0 spiro atoms. The van der Waals surface area contributed by atoms with Gasteiger partial charge in [0.15, 0.2) is 5.65 Å². The number of carbonyl (C=O) groups is 2. The van der Waals surface area contributed by atoms with Crippen molar-refractivity contribution >= 4 is 34.8 Å². The molecule has 2 aliphatic carbocycles. The van der Waals surface area contributed by atoms with Crippen molar-refractivity contribution in [3.8, 4) is 6.07 Å². The summed E-state index contributed by atoms with van der Waals surface area (Å²) in [4.78, 5) is 36.9. The molecule has 2 amide bonds. The van der Waals surface area contributed by atoms with Crippen LogP contribution in [0.1, 0.15) is 76.7 Å². The fourth-order valence-electron chi connectivity index (χ4n) is 9.51. The summed E-state index contributed by atoms with van der Waals surface area (Å²) in [6.45, 7) is 7.90. The molecule has 2 unspecified atom stereocenters. The highest BCUT2D eigenvalue weighted by atomic mass is 16.2. The highest BCUT2D eigenvalue weighted by molar-refractivity contribution is 5.76. The number of aromatic nitrogens is 7. The number of nitrogens with zero attached hydrogens (tertiary/aromatic N) is 11. The first-order chi connectivity index (χ1) is 26.9. The number of amides is 2. The summed E-state index contributed by atoms with van der Waals surface area (Å²) in [5.74, 6) is 3.36. The molecule has 4 aromatic rings. The zero-order valence-corrected chi connectivity index (χ0v) is 32.2. The third-order valence-corrected chi connectivity index (χ3v) is 12.5. The van der Waals surface area contributed by atoms with E-state index in [2.05, 4.69) is 54.9 Å². The lowest BCUT2D eigenvalue weighted by molar-refractivity contribution is -0.133. The van der Waals surface area contributed by atoms with Crippen molar-refractivity contribution in [2.75, 3.05) is 62.6 Å². The first-order valence-corrected chi connectivity index (χ1v) is 20.4. The molecule has 0 aromatic carbocycles. The second-order valence-electron chi connectivity index (χ2n) is 16.4. The molecule has 2 bridgehead atoms. The Balaban J connectivity index is 0.757. The fourth-order valence-corrected chi connectivity index (χ4v) is 9.51. The standard InChI is InChI=1S/C40H55N13O2/c1-2-30-23-44-53(25-30)40(11-12-41)28-50(29-40)35-9-5-14-52-38(35)46-39(47-52)45-34-24-43-51(26-34)27-37(55)49-18-16-48(17-19-49)15-13-42-36(54)10-4-8-33-21-31-6-3-7-32(20-31)22-33/h5,9,14,23-26,31-33H,2-4,6-8,10-11,13,15-22,27-29H2,1H3,(H,42,54)(H,45,47). The highest BCUT2D eigenvalue weighted by Crippen LogP contribution is 2.44. The van der Waals surface area contributed by atoms with E-state index in [1.807, 2.05) is 34.1 Å². The summed E-state index contributed by atoms with van der Waals surface area (Å²) in [5, 5.41) is 29.6. The molecular formula is C40H55N13O2. The molecule has 2 N–H and O–H groups in total. The van der Waals surface area contributed by atoms with Gasteiger partial charge in [-0.1, -0.05) is 26.2 Å². The fraction of sp³-hybridized carbons (Fsp3) is 0.625. The summed E-state index contributed by atoms with van der Waals surface area (Å²) >= 11 is 0. The van der Waals surface area contributed by atoms with E-state index < -0.39 is 0 Å². The van der Waals surface area contributed by atoms with Gasteiger partial charge in [-0.25, -0.2) is 4.52 Å². The Hall–Kier alpha value is -4.97.